The number of fused-ring (bicyclic) bond motifs is 1. The Bertz CT molecular complexity index is 1490. The third kappa shape index (κ3) is 8.66. The molecule has 206 valence electrons. The van der Waals surface area contributed by atoms with E-state index in [1.165, 1.54) is 0 Å². The highest BCUT2D eigenvalue weighted by Gasteiger charge is 2.21. The molecule has 39 heavy (non-hydrogen) atoms. The Balaban J connectivity index is 0.000000983. The number of hydrogen-bond donors (Lipinski definition) is 2. The molecule has 0 bridgehead atoms. The van der Waals surface area contributed by atoms with Crippen molar-refractivity contribution in [2.75, 3.05) is 31.4 Å². The Morgan fingerprint density at radius 1 is 1.18 bits per heavy atom. The molecule has 1 unspecified atom stereocenters. The van der Waals surface area contributed by atoms with Gasteiger partial charge in [-0.1, -0.05) is 37.3 Å². The molecule has 1 aliphatic heterocycles. The van der Waals surface area contributed by atoms with Gasteiger partial charge < -0.3 is 15.8 Å². The van der Waals surface area contributed by atoms with E-state index in [0.29, 0.717) is 41.5 Å². The average molecular weight is 551 g/mol. The van der Waals surface area contributed by atoms with Gasteiger partial charge in [0.25, 0.3) is 5.91 Å². The lowest BCUT2D eigenvalue weighted by Gasteiger charge is -2.20. The van der Waals surface area contributed by atoms with Crippen molar-refractivity contribution in [1.82, 2.24) is 15.3 Å². The predicted octanol–water partition coefficient (Wildman–Crippen LogP) is 3.61. The van der Waals surface area contributed by atoms with Crippen LogP contribution in [0, 0.1) is 0 Å². The van der Waals surface area contributed by atoms with Crippen LogP contribution >= 0.6 is 0 Å². The molecule has 1 amide bonds. The van der Waals surface area contributed by atoms with Crippen molar-refractivity contribution in [1.29, 1.82) is 0 Å². The molecule has 0 saturated heterocycles. The fourth-order valence-corrected chi connectivity index (χ4v) is 4.01. The van der Waals surface area contributed by atoms with Crippen LogP contribution < -0.4 is 21.6 Å². The fourth-order valence-electron chi connectivity index (χ4n) is 4.01. The number of pyridine rings is 2. The van der Waals surface area contributed by atoms with Crippen molar-refractivity contribution < 1.29 is 18.1 Å². The van der Waals surface area contributed by atoms with Crippen LogP contribution in [0.3, 0.4) is 0 Å². The minimum absolute atomic E-state index is 0.0182. The minimum atomic E-state index is -1.22. The van der Waals surface area contributed by atoms with Crippen LogP contribution in [-0.2, 0) is 22.1 Å². The highest BCUT2D eigenvalue weighted by Crippen LogP contribution is 2.28. The first kappa shape index (κ1) is 29.9. The number of nitrogens with two attached hydrogens (primary N) is 1. The second-order valence-electron chi connectivity index (χ2n) is 9.06. The van der Waals surface area contributed by atoms with Crippen molar-refractivity contribution >= 4 is 34.7 Å². The van der Waals surface area contributed by atoms with Crippen LogP contribution in [0.25, 0.3) is 23.5 Å². The van der Waals surface area contributed by atoms with Crippen LogP contribution in [0.15, 0.2) is 60.2 Å². The summed E-state index contributed by atoms with van der Waals surface area (Å²) in [5.74, 6) is 0.180. The van der Waals surface area contributed by atoms with Crippen LogP contribution in [0.5, 0.6) is 0 Å². The summed E-state index contributed by atoms with van der Waals surface area (Å²) in [6.45, 7) is 4.69. The predicted molar refractivity (Wildman–Crippen MR) is 156 cm³/mol. The molecular weight excluding hydrogens is 515 g/mol. The third-order valence-electron chi connectivity index (χ3n) is 5.81. The number of aromatic nitrogens is 2. The zero-order valence-corrected chi connectivity index (χ0v) is 23.6. The Morgan fingerprint density at radius 2 is 1.92 bits per heavy atom. The minimum Gasteiger partial charge on any atom is -0.384 e. The SMILES string of the molecule is C/C=c1/ccc(-c2cccc(N)n2)n/c1=C/C(=C/CC)CNC(=O)c1ccc2c(c1)C(F)COC2.CS(C)=O. The number of hydrogen-bond acceptors (Lipinski definition) is 6. The van der Waals surface area contributed by atoms with Crippen molar-refractivity contribution in [2.45, 2.75) is 33.0 Å². The maximum absolute atomic E-state index is 14.2. The lowest BCUT2D eigenvalue weighted by molar-refractivity contribution is 0.0512. The second-order valence-corrected chi connectivity index (χ2v) is 10.5. The number of nitrogens with zero attached hydrogens (tertiary/aromatic N) is 2. The maximum Gasteiger partial charge on any atom is 0.251 e. The fraction of sp³-hybridized carbons (Fsp3) is 0.300. The van der Waals surface area contributed by atoms with Gasteiger partial charge in [-0.25, -0.2) is 14.4 Å². The summed E-state index contributed by atoms with van der Waals surface area (Å²) in [5, 5.41) is 4.70. The van der Waals surface area contributed by atoms with Crippen molar-refractivity contribution in [3.8, 4) is 11.4 Å². The summed E-state index contributed by atoms with van der Waals surface area (Å²) < 4.78 is 29.0. The first-order chi connectivity index (χ1) is 18.7. The third-order valence-corrected chi connectivity index (χ3v) is 5.81. The summed E-state index contributed by atoms with van der Waals surface area (Å²) >= 11 is 0. The van der Waals surface area contributed by atoms with Gasteiger partial charge in [0.1, 0.15) is 12.0 Å². The molecule has 4 rings (SSSR count). The molecular formula is C30H35FN4O3S. The van der Waals surface area contributed by atoms with Gasteiger partial charge in [-0.2, -0.15) is 0 Å². The molecule has 1 aliphatic rings. The van der Waals surface area contributed by atoms with Crippen LogP contribution in [0.1, 0.15) is 47.9 Å². The van der Waals surface area contributed by atoms with Crippen LogP contribution in [-0.4, -0.2) is 45.7 Å². The lowest BCUT2D eigenvalue weighted by atomic mass is 9.98. The molecule has 3 heterocycles. The van der Waals surface area contributed by atoms with E-state index in [1.54, 1.807) is 36.8 Å². The molecule has 0 fully saturated rings. The van der Waals surface area contributed by atoms with E-state index >= 15 is 0 Å². The average Bonchev–Trinajstić information content (AvgIpc) is 2.91. The van der Waals surface area contributed by atoms with Crippen LogP contribution in [0.4, 0.5) is 10.2 Å². The van der Waals surface area contributed by atoms with Gasteiger partial charge in [-0.05, 0) is 71.7 Å². The topological polar surface area (TPSA) is 107 Å². The lowest BCUT2D eigenvalue weighted by Crippen LogP contribution is -2.30. The Morgan fingerprint density at radius 3 is 2.62 bits per heavy atom. The number of benzene rings is 1. The van der Waals surface area contributed by atoms with E-state index in [2.05, 4.69) is 16.4 Å². The number of nitrogen functional groups attached to an aromatic ring is 1. The van der Waals surface area contributed by atoms with Gasteiger partial charge in [-0.15, -0.1) is 0 Å². The smallest absolute Gasteiger partial charge is 0.251 e. The normalized spacial score (nSPS) is 15.9. The Kier molecular flexibility index (Phi) is 11.1. The number of alkyl halides is 1. The van der Waals surface area contributed by atoms with Gasteiger partial charge in [0, 0.05) is 35.4 Å². The molecule has 3 N–H and O–H groups in total. The second kappa shape index (κ2) is 14.5. The molecule has 0 spiro atoms. The van der Waals surface area contributed by atoms with Crippen molar-refractivity contribution in [2.24, 2.45) is 0 Å². The zero-order chi connectivity index (χ0) is 28.4. The Hall–Kier alpha value is -3.69. The van der Waals surface area contributed by atoms with E-state index < -0.39 is 17.0 Å². The number of amides is 1. The monoisotopic (exact) mass is 550 g/mol. The number of carbonyl (C=O) groups is 1. The molecule has 3 aromatic rings. The van der Waals surface area contributed by atoms with Crippen molar-refractivity contribution in [3.63, 3.8) is 0 Å². The van der Waals surface area contributed by atoms with E-state index in [1.807, 2.05) is 50.3 Å². The molecule has 9 heteroatoms. The number of ether oxygens (including phenoxy) is 1. The largest absolute Gasteiger partial charge is 0.384 e. The van der Waals surface area contributed by atoms with E-state index in [4.69, 9.17) is 15.5 Å². The summed E-state index contributed by atoms with van der Waals surface area (Å²) in [7, 11) is -0.611. The first-order valence-electron chi connectivity index (χ1n) is 12.7. The molecule has 1 aromatic carbocycles. The maximum atomic E-state index is 14.2. The van der Waals surface area contributed by atoms with Gasteiger partial charge in [0.2, 0.25) is 0 Å². The summed E-state index contributed by atoms with van der Waals surface area (Å²) in [5.41, 5.74) is 9.91. The number of rotatable bonds is 6. The summed E-state index contributed by atoms with van der Waals surface area (Å²) in [6.07, 6.45) is 8.87. The van der Waals surface area contributed by atoms with E-state index in [-0.39, 0.29) is 12.5 Å². The van der Waals surface area contributed by atoms with Gasteiger partial charge in [0.15, 0.2) is 0 Å². The highest BCUT2D eigenvalue weighted by atomic mass is 32.2. The molecule has 0 aliphatic carbocycles. The molecule has 1 atom stereocenters. The summed E-state index contributed by atoms with van der Waals surface area (Å²) in [4.78, 5) is 22.0. The Labute approximate surface area is 231 Å². The molecule has 7 nitrogen and oxygen atoms in total. The van der Waals surface area contributed by atoms with Gasteiger partial charge in [-0.3, -0.25) is 9.00 Å². The zero-order valence-electron chi connectivity index (χ0n) is 22.7. The molecule has 2 aromatic heterocycles. The van der Waals surface area contributed by atoms with Crippen molar-refractivity contribution in [3.05, 3.63) is 87.4 Å². The van der Waals surface area contributed by atoms with E-state index in [9.17, 15) is 13.4 Å². The number of nitrogens with one attached hydrogen (secondary N) is 1. The number of carbonyl (C=O) groups excluding carboxylic acids is 1. The quantitative estimate of drug-likeness (QED) is 0.486. The van der Waals surface area contributed by atoms with Crippen LogP contribution in [0.2, 0.25) is 0 Å². The first-order valence-corrected chi connectivity index (χ1v) is 14.6. The van der Waals surface area contributed by atoms with E-state index in [0.717, 1.165) is 28.1 Å². The molecule has 0 radical (unpaired) electrons. The standard InChI is InChI=1S/C28H29FN4O2.C2H6OS/c1-3-6-18(15-31-28(34)20-9-10-21-16-35-17-23(29)22(21)14-20)13-26-19(4-2)11-12-25(32-26)24-7-5-8-27(30)33-24;1-4(2)3/h4-14,23H,3,15-17H2,1-2H3,(H2,30,33)(H,31,34);1-2H3/b18-6-,19-4-,26-13+;. The molecule has 0 saturated carbocycles. The highest BCUT2D eigenvalue weighted by molar-refractivity contribution is 7.83. The number of allylic oxidation sites excluding steroid dienone is 1. The van der Waals surface area contributed by atoms with Gasteiger partial charge in [0.05, 0.1) is 30.0 Å². The summed E-state index contributed by atoms with van der Waals surface area (Å²) in [6, 6.07) is 14.4. The van der Waals surface area contributed by atoms with Gasteiger partial charge >= 0.3 is 0 Å². The number of anilines is 1. The number of halogens is 1.